The molecule has 3 aromatic rings. The third-order valence-electron chi connectivity index (χ3n) is 5.31. The highest BCUT2D eigenvalue weighted by molar-refractivity contribution is 7.80. The average Bonchev–Trinajstić information content (AvgIpc) is 2.83. The van der Waals surface area contributed by atoms with Crippen LogP contribution in [0.4, 0.5) is 40.3 Å². The van der Waals surface area contributed by atoms with Crippen LogP contribution in [-0.2, 0) is 6.18 Å². The lowest BCUT2D eigenvalue weighted by Gasteiger charge is -2.22. The molecule has 36 heavy (non-hydrogen) atoms. The highest BCUT2D eigenvalue weighted by Gasteiger charge is 2.31. The zero-order chi connectivity index (χ0) is 26.3. The second-order valence-electron chi connectivity index (χ2n) is 8.13. The maximum atomic E-state index is 13.8. The van der Waals surface area contributed by atoms with Gasteiger partial charge in [-0.05, 0) is 73.2 Å². The summed E-state index contributed by atoms with van der Waals surface area (Å²) in [6.45, 7) is 2.64. The van der Waals surface area contributed by atoms with Gasteiger partial charge >= 0.3 is 6.18 Å². The predicted octanol–water partition coefficient (Wildman–Crippen LogP) is 7.14. The molecule has 0 saturated carbocycles. The number of alkyl halides is 3. The molecule has 0 aliphatic heterocycles. The minimum atomic E-state index is -4.50. The fourth-order valence-electron chi connectivity index (χ4n) is 3.37. The Balaban J connectivity index is 1.67. The Bertz CT molecular complexity index is 1220. The lowest BCUT2D eigenvalue weighted by molar-refractivity contribution is -0.137. The second kappa shape index (κ2) is 11.9. The number of hydrogen-bond donors (Lipinski definition) is 3. The molecule has 0 unspecified atom stereocenters. The van der Waals surface area contributed by atoms with Crippen molar-refractivity contribution in [3.8, 4) is 0 Å². The molecule has 0 aromatic heterocycles. The van der Waals surface area contributed by atoms with Crippen molar-refractivity contribution in [1.82, 2.24) is 0 Å². The van der Waals surface area contributed by atoms with E-state index in [2.05, 4.69) is 16.0 Å². The average molecular weight is 519 g/mol. The third-order valence-corrected chi connectivity index (χ3v) is 5.51. The molecule has 10 heteroatoms. The number of benzene rings is 3. The molecule has 3 N–H and O–H groups in total. The first kappa shape index (κ1) is 26.9. The van der Waals surface area contributed by atoms with Crippen LogP contribution in [0.2, 0.25) is 0 Å². The lowest BCUT2D eigenvalue weighted by Crippen LogP contribution is -2.22. The maximum Gasteiger partial charge on any atom is 0.416 e. The number of thiocarbonyl (C=S) groups is 1. The van der Waals surface area contributed by atoms with Crippen LogP contribution >= 0.6 is 12.2 Å². The van der Waals surface area contributed by atoms with Crippen molar-refractivity contribution < 1.29 is 22.4 Å². The summed E-state index contributed by atoms with van der Waals surface area (Å²) >= 11 is 5.29. The van der Waals surface area contributed by atoms with Gasteiger partial charge in [0.05, 0.1) is 11.1 Å². The van der Waals surface area contributed by atoms with Crippen LogP contribution in [0.5, 0.6) is 0 Å². The zero-order valence-electron chi connectivity index (χ0n) is 19.7. The molecular weight excluding hydrogens is 492 g/mol. The van der Waals surface area contributed by atoms with Crippen molar-refractivity contribution in [2.45, 2.75) is 25.9 Å². The van der Waals surface area contributed by atoms with Crippen molar-refractivity contribution in [3.63, 3.8) is 0 Å². The van der Waals surface area contributed by atoms with Crippen LogP contribution in [0.25, 0.3) is 0 Å². The summed E-state index contributed by atoms with van der Waals surface area (Å²) in [6.07, 6.45) is -2.73. The monoisotopic (exact) mass is 518 g/mol. The highest BCUT2D eigenvalue weighted by atomic mass is 32.1. The Morgan fingerprint density at radius 1 is 0.917 bits per heavy atom. The summed E-state index contributed by atoms with van der Waals surface area (Å²) in [4.78, 5) is 14.0. The maximum absolute atomic E-state index is 13.8. The number of carbonyl (C=O) groups excluding carboxylic acids is 1. The molecule has 190 valence electrons. The van der Waals surface area contributed by atoms with Gasteiger partial charge in [-0.2, -0.15) is 13.2 Å². The van der Waals surface area contributed by atoms with E-state index in [0.717, 1.165) is 25.0 Å². The van der Waals surface area contributed by atoms with E-state index in [4.69, 9.17) is 12.2 Å². The molecule has 0 aliphatic carbocycles. The normalized spacial score (nSPS) is 11.1. The van der Waals surface area contributed by atoms with E-state index in [1.165, 1.54) is 18.2 Å². The van der Waals surface area contributed by atoms with E-state index in [1.807, 2.05) is 6.92 Å². The molecule has 0 atom stereocenters. The number of hydrogen-bond acceptors (Lipinski definition) is 3. The van der Waals surface area contributed by atoms with E-state index in [-0.39, 0.29) is 16.4 Å². The van der Waals surface area contributed by atoms with E-state index in [0.29, 0.717) is 23.6 Å². The van der Waals surface area contributed by atoms with Gasteiger partial charge in [-0.25, -0.2) is 4.39 Å². The van der Waals surface area contributed by atoms with Gasteiger partial charge in [0.25, 0.3) is 5.91 Å². The number of rotatable bonds is 8. The van der Waals surface area contributed by atoms with Gasteiger partial charge < -0.3 is 20.9 Å². The van der Waals surface area contributed by atoms with Crippen molar-refractivity contribution in [3.05, 3.63) is 83.7 Å². The molecule has 0 radical (unpaired) electrons. The topological polar surface area (TPSA) is 56.4 Å². The van der Waals surface area contributed by atoms with Gasteiger partial charge in [0.15, 0.2) is 5.11 Å². The summed E-state index contributed by atoms with van der Waals surface area (Å²) in [6, 6.07) is 15.8. The Kier molecular flexibility index (Phi) is 8.87. The highest BCUT2D eigenvalue weighted by Crippen LogP contribution is 2.34. The van der Waals surface area contributed by atoms with Crippen molar-refractivity contribution in [1.29, 1.82) is 0 Å². The number of amides is 1. The zero-order valence-corrected chi connectivity index (χ0v) is 20.6. The molecule has 0 saturated heterocycles. The summed E-state index contributed by atoms with van der Waals surface area (Å²) in [7, 11) is 1.75. The fraction of sp³-hybridized carbons (Fsp3) is 0.231. The van der Waals surface area contributed by atoms with Gasteiger partial charge in [0, 0.05) is 36.3 Å². The van der Waals surface area contributed by atoms with Crippen molar-refractivity contribution in [2.24, 2.45) is 0 Å². The van der Waals surface area contributed by atoms with Crippen molar-refractivity contribution >= 4 is 46.0 Å². The predicted molar refractivity (Wildman–Crippen MR) is 140 cm³/mol. The first-order valence-electron chi connectivity index (χ1n) is 11.2. The first-order chi connectivity index (χ1) is 17.1. The Morgan fingerprint density at radius 2 is 1.53 bits per heavy atom. The molecular formula is C26H26F4N4OS. The van der Waals surface area contributed by atoms with Crippen LogP contribution in [0.1, 0.15) is 35.7 Å². The molecule has 3 aromatic carbocycles. The largest absolute Gasteiger partial charge is 0.416 e. The quantitative estimate of drug-likeness (QED) is 0.219. The minimum Gasteiger partial charge on any atom is -0.375 e. The standard InChI is InChI=1S/C26H26F4N4OS/c1-3-4-13-34(2)21-15-17(26(28,29)30)14-20(16-21)33-25(36)32-19-11-9-18(10-12-19)31-24(35)22-7-5-6-8-23(22)27/h5-12,14-16H,3-4,13H2,1-2H3,(H,31,35)(H2,32,33,36). The number of halogens is 4. The van der Waals surface area contributed by atoms with Gasteiger partial charge in [0.2, 0.25) is 0 Å². The SMILES string of the molecule is CCCCN(C)c1cc(NC(=S)Nc2ccc(NC(=O)c3ccccc3F)cc2)cc(C(F)(F)F)c1. The summed E-state index contributed by atoms with van der Waals surface area (Å²) < 4.78 is 54.2. The Labute approximate surface area is 212 Å². The number of carbonyl (C=O) groups is 1. The Morgan fingerprint density at radius 3 is 2.14 bits per heavy atom. The van der Waals surface area contributed by atoms with E-state index in [1.54, 1.807) is 48.3 Å². The molecule has 1 amide bonds. The molecule has 5 nitrogen and oxygen atoms in total. The molecule has 0 heterocycles. The van der Waals surface area contributed by atoms with Gasteiger partial charge in [0.1, 0.15) is 5.82 Å². The van der Waals surface area contributed by atoms with Crippen LogP contribution in [-0.4, -0.2) is 24.6 Å². The summed E-state index contributed by atoms with van der Waals surface area (Å²) in [5, 5.41) is 8.42. The van der Waals surface area contributed by atoms with Gasteiger partial charge in [-0.1, -0.05) is 25.5 Å². The number of nitrogens with zero attached hydrogens (tertiary/aromatic N) is 1. The molecule has 3 rings (SSSR count). The smallest absolute Gasteiger partial charge is 0.375 e. The third kappa shape index (κ3) is 7.42. The molecule has 0 aliphatic rings. The number of unbranched alkanes of at least 4 members (excludes halogenated alkanes) is 1. The molecule has 0 fully saturated rings. The summed E-state index contributed by atoms with van der Waals surface area (Å²) in [5.41, 5.74) is 0.761. The van der Waals surface area contributed by atoms with E-state index in [9.17, 15) is 22.4 Å². The van der Waals surface area contributed by atoms with Crippen LogP contribution in [0.15, 0.2) is 66.7 Å². The fourth-order valence-corrected chi connectivity index (χ4v) is 3.60. The van der Waals surface area contributed by atoms with Gasteiger partial charge in [-0.3, -0.25) is 4.79 Å². The number of nitrogens with one attached hydrogen (secondary N) is 3. The van der Waals surface area contributed by atoms with Gasteiger partial charge in [-0.15, -0.1) is 0 Å². The number of anilines is 4. The van der Waals surface area contributed by atoms with Crippen LogP contribution in [0, 0.1) is 5.82 Å². The van der Waals surface area contributed by atoms with Crippen molar-refractivity contribution in [2.75, 3.05) is 34.4 Å². The lowest BCUT2D eigenvalue weighted by atomic mass is 10.1. The molecule has 0 bridgehead atoms. The first-order valence-corrected chi connectivity index (χ1v) is 11.6. The van der Waals surface area contributed by atoms with Crippen LogP contribution in [0.3, 0.4) is 0 Å². The Hall–Kier alpha value is -3.66. The van der Waals surface area contributed by atoms with E-state index < -0.39 is 23.5 Å². The van der Waals surface area contributed by atoms with Crippen LogP contribution < -0.4 is 20.9 Å². The molecule has 0 spiro atoms. The minimum absolute atomic E-state index is 0.0779. The summed E-state index contributed by atoms with van der Waals surface area (Å²) in [5.74, 6) is -1.21. The second-order valence-corrected chi connectivity index (χ2v) is 8.54. The van der Waals surface area contributed by atoms with E-state index >= 15 is 0 Å².